The van der Waals surface area contributed by atoms with Gasteiger partial charge in [-0.05, 0) is 0 Å². The Balaban J connectivity index is 0.000000282. The van der Waals surface area contributed by atoms with Crippen LogP contribution in [0.15, 0.2) is 84.9 Å². The molecule has 5 rings (SSSR count). The van der Waals surface area contributed by atoms with Crippen LogP contribution in [0.4, 0.5) is 0 Å². The van der Waals surface area contributed by atoms with E-state index in [0.717, 1.165) is 29.1 Å². The Bertz CT molecular complexity index is 1200. The molecule has 0 saturated heterocycles. The van der Waals surface area contributed by atoms with Gasteiger partial charge in [0.1, 0.15) is 11.5 Å². The van der Waals surface area contributed by atoms with Gasteiger partial charge in [0.25, 0.3) is 0 Å². The Hall–Kier alpha value is -2.06. The summed E-state index contributed by atoms with van der Waals surface area (Å²) in [4.78, 5) is 0. The first-order valence-electron chi connectivity index (χ1n) is 10.6. The first-order valence-corrected chi connectivity index (χ1v) is 11.8. The fourth-order valence-electron chi connectivity index (χ4n) is 3.47. The molecular formula is C29H30Cl2O2Zr. The largest absolute Gasteiger partial charge is 0.147 e. The van der Waals surface area contributed by atoms with Gasteiger partial charge in [0.15, 0.2) is 0 Å². The van der Waals surface area contributed by atoms with Crippen molar-refractivity contribution in [1.29, 1.82) is 0 Å². The average molecular weight is 573 g/mol. The minimum atomic E-state index is 0. The van der Waals surface area contributed by atoms with Crippen LogP contribution in [0.3, 0.4) is 0 Å². The predicted octanol–water partition coefficient (Wildman–Crippen LogP) is 8.15. The second kappa shape index (κ2) is 15.0. The van der Waals surface area contributed by atoms with Crippen molar-refractivity contribution in [2.75, 3.05) is 14.2 Å². The standard InChI is InChI=1S/C13H13O2.C13H9.C3H6.2ClH.Zr/c1-14-12-7-11(8-13(9-12)15-2)10-5-3-4-6-10;1-3-7-12-10(5-1)9-11-6-2-4-8-13(11)12;1-3-2;;;/h3,5,7-9H,4H2,1-2H3;1-9H;1-2H3;2*1H;/q2*-1;;;;+2. The number of allylic oxidation sites excluding steroid dienone is 4. The summed E-state index contributed by atoms with van der Waals surface area (Å²) < 4.78 is 11.9. The number of hydrogen-bond donors (Lipinski definition) is 0. The first kappa shape index (κ1) is 30.0. The minimum absolute atomic E-state index is 0. The molecule has 4 aromatic carbocycles. The van der Waals surface area contributed by atoms with Gasteiger partial charge >= 0.3 is 41.3 Å². The maximum atomic E-state index is 5.21. The van der Waals surface area contributed by atoms with Crippen LogP contribution in [0.5, 0.6) is 11.5 Å². The number of ether oxygens (including phenoxy) is 2. The molecule has 1 aliphatic carbocycles. The number of fused-ring (bicyclic) bond motifs is 3. The van der Waals surface area contributed by atoms with Gasteiger partial charge in [-0.3, -0.25) is 0 Å². The van der Waals surface area contributed by atoms with Gasteiger partial charge in [-0.1, -0.05) is 55.0 Å². The van der Waals surface area contributed by atoms with Crippen LogP contribution in [0.25, 0.3) is 27.1 Å². The maximum absolute atomic E-state index is 5.21. The van der Waals surface area contributed by atoms with Crippen molar-refractivity contribution in [2.24, 2.45) is 0 Å². The van der Waals surface area contributed by atoms with E-state index in [1.54, 1.807) is 38.5 Å². The third-order valence-corrected chi connectivity index (χ3v) is 4.88. The summed E-state index contributed by atoms with van der Waals surface area (Å²) in [6, 6.07) is 25.1. The van der Waals surface area contributed by atoms with Crippen LogP contribution in [0.1, 0.15) is 25.8 Å². The van der Waals surface area contributed by atoms with Crippen molar-refractivity contribution in [1.82, 2.24) is 0 Å². The zero-order chi connectivity index (χ0) is 22.9. The minimum Gasteiger partial charge on any atom is -0.147 e. The fourth-order valence-corrected chi connectivity index (χ4v) is 3.47. The monoisotopic (exact) mass is 570 g/mol. The van der Waals surface area contributed by atoms with E-state index in [0.29, 0.717) is 0 Å². The summed E-state index contributed by atoms with van der Waals surface area (Å²) in [5.41, 5.74) is 2.19. The molecular weight excluding hydrogens is 542 g/mol. The van der Waals surface area contributed by atoms with Crippen molar-refractivity contribution >= 4 is 55.1 Å². The number of methoxy groups -OCH3 is 2. The number of halogens is 2. The Morgan fingerprint density at radius 3 is 1.71 bits per heavy atom. The Labute approximate surface area is 230 Å². The number of rotatable bonds is 3. The van der Waals surface area contributed by atoms with Gasteiger partial charge in [-0.25, -0.2) is 0 Å². The van der Waals surface area contributed by atoms with Crippen LogP contribution in [0.2, 0.25) is 0 Å². The third kappa shape index (κ3) is 8.31. The zero-order valence-corrected chi connectivity index (χ0v) is 24.0. The first-order chi connectivity index (χ1) is 15.5. The second-order valence-corrected chi connectivity index (χ2v) is 10.1. The fraction of sp³-hybridized carbons (Fsp3) is 0.172. The quantitative estimate of drug-likeness (QED) is 0.231. The average Bonchev–Trinajstić information content (AvgIpc) is 3.47. The third-order valence-electron chi connectivity index (χ3n) is 4.88. The molecule has 0 spiro atoms. The van der Waals surface area contributed by atoms with Crippen LogP contribution in [0, 0.1) is 6.08 Å². The zero-order valence-electron chi connectivity index (χ0n) is 19.9. The van der Waals surface area contributed by atoms with Crippen molar-refractivity contribution in [3.63, 3.8) is 0 Å². The predicted molar refractivity (Wildman–Crippen MR) is 148 cm³/mol. The van der Waals surface area contributed by atoms with E-state index in [-0.39, 0.29) is 24.8 Å². The van der Waals surface area contributed by atoms with Crippen LogP contribution >= 0.6 is 24.8 Å². The van der Waals surface area contributed by atoms with Crippen molar-refractivity contribution in [2.45, 2.75) is 20.3 Å². The molecule has 0 saturated carbocycles. The SMILES string of the molecule is COc1cc(OC)cc(C2=[C-]CC=C2)c1.C[C](C)=[Zr+2].Cl.Cl.c1ccc2c(c1)[cH-]c1ccccc12. The summed E-state index contributed by atoms with van der Waals surface area (Å²) in [6.45, 7) is 4.25. The molecule has 2 nitrogen and oxygen atoms in total. The van der Waals surface area contributed by atoms with Gasteiger partial charge in [-0.2, -0.15) is 17.7 Å². The van der Waals surface area contributed by atoms with Gasteiger partial charge in [0.05, 0.1) is 14.2 Å². The Kier molecular flexibility index (Phi) is 13.3. The molecule has 0 aromatic heterocycles. The van der Waals surface area contributed by atoms with Gasteiger partial charge in [0.2, 0.25) is 0 Å². The molecule has 0 unspecified atom stereocenters. The summed E-state index contributed by atoms with van der Waals surface area (Å²) in [7, 11) is 3.31. The molecule has 0 bridgehead atoms. The second-order valence-electron chi connectivity index (χ2n) is 7.62. The Morgan fingerprint density at radius 2 is 1.29 bits per heavy atom. The molecule has 0 amide bonds. The maximum Gasteiger partial charge on any atom is -0.0771 e. The summed E-state index contributed by atoms with van der Waals surface area (Å²) in [5, 5.41) is 5.39. The normalized spacial score (nSPS) is 11.2. The smallest absolute Gasteiger partial charge is 0.0771 e. The van der Waals surface area contributed by atoms with Gasteiger partial charge in [0, 0.05) is 6.07 Å². The van der Waals surface area contributed by atoms with Crippen molar-refractivity contribution in [3.8, 4) is 11.5 Å². The van der Waals surface area contributed by atoms with E-state index in [9.17, 15) is 0 Å². The summed E-state index contributed by atoms with van der Waals surface area (Å²) in [5.74, 6) is 1.61. The Morgan fingerprint density at radius 1 is 0.824 bits per heavy atom. The molecule has 5 heteroatoms. The molecule has 34 heavy (non-hydrogen) atoms. The summed E-state index contributed by atoms with van der Waals surface area (Å²) in [6.07, 6.45) is 8.30. The molecule has 0 fully saturated rings. The van der Waals surface area contributed by atoms with E-state index in [2.05, 4.69) is 86.7 Å². The molecule has 0 radical (unpaired) electrons. The van der Waals surface area contributed by atoms with E-state index in [4.69, 9.17) is 9.47 Å². The van der Waals surface area contributed by atoms with Crippen LogP contribution < -0.4 is 9.47 Å². The van der Waals surface area contributed by atoms with Crippen molar-refractivity contribution < 1.29 is 33.7 Å². The molecule has 4 aromatic rings. The van der Waals surface area contributed by atoms with E-state index < -0.39 is 0 Å². The van der Waals surface area contributed by atoms with Gasteiger partial charge < -0.3 is 9.47 Å². The summed E-state index contributed by atoms with van der Waals surface area (Å²) >= 11 is 1.55. The van der Waals surface area contributed by atoms with Gasteiger partial charge in [-0.15, -0.1) is 76.2 Å². The number of hydrogen-bond acceptors (Lipinski definition) is 2. The molecule has 0 N–H and O–H groups in total. The topological polar surface area (TPSA) is 18.5 Å². The molecule has 0 aliphatic heterocycles. The number of benzene rings is 3. The molecule has 1 aliphatic rings. The molecule has 0 heterocycles. The van der Waals surface area contributed by atoms with E-state index in [1.807, 2.05) is 18.2 Å². The molecule has 176 valence electrons. The van der Waals surface area contributed by atoms with E-state index in [1.165, 1.54) is 24.8 Å². The molecule has 0 atom stereocenters. The van der Waals surface area contributed by atoms with Crippen LogP contribution in [-0.2, 0) is 24.2 Å². The van der Waals surface area contributed by atoms with Crippen molar-refractivity contribution in [3.05, 3.63) is 96.6 Å². The van der Waals surface area contributed by atoms with E-state index >= 15 is 0 Å². The van der Waals surface area contributed by atoms with Crippen LogP contribution in [-0.4, -0.2) is 17.4 Å².